The first-order valence-electron chi connectivity index (χ1n) is 1.53. The fraction of sp³-hybridized carbons (Fsp3) is 0. The van der Waals surface area contributed by atoms with Crippen LogP contribution in [0.4, 0.5) is 0 Å². The monoisotopic (exact) mass is 270 g/mol. The minimum atomic E-state index is -5.05. The Morgan fingerprint density at radius 2 is 1.20 bits per heavy atom. The van der Waals surface area contributed by atoms with Crippen molar-refractivity contribution in [2.75, 3.05) is 0 Å². The molecule has 0 fully saturated rings. The molecule has 0 bridgehead atoms. The van der Waals surface area contributed by atoms with Crippen LogP contribution in [-0.2, 0) is 13.4 Å². The van der Waals surface area contributed by atoms with Crippen molar-refractivity contribution in [3.63, 3.8) is 0 Å². The molecule has 10 heavy (non-hydrogen) atoms. The molecule has 0 radical (unpaired) electrons. The van der Waals surface area contributed by atoms with Gasteiger partial charge in [0, 0.05) is 0 Å². The Morgan fingerprint density at radius 1 is 1.00 bits per heavy atom. The predicted octanol–water partition coefficient (Wildman–Crippen LogP) is -0.742. The van der Waals surface area contributed by atoms with Crippen molar-refractivity contribution in [2.24, 2.45) is 0 Å². The van der Waals surface area contributed by atoms with Crippen LogP contribution < -0.4 is 0 Å². The van der Waals surface area contributed by atoms with Gasteiger partial charge in [-0.1, -0.05) is 0 Å². The molecule has 0 aromatic rings. The fourth-order valence-electron chi connectivity index (χ4n) is 0.139. The number of rotatable bonds is 2. The largest absolute Gasteiger partial charge is 2.00 e. The summed E-state index contributed by atoms with van der Waals surface area (Å²) >= 11 is 0. The molecule has 0 aliphatic heterocycles. The van der Waals surface area contributed by atoms with Crippen molar-refractivity contribution < 1.29 is 38.7 Å². The van der Waals surface area contributed by atoms with Gasteiger partial charge >= 0.3 is 66.8 Å². The zero-order valence-electron chi connectivity index (χ0n) is 8.62. The van der Waals surface area contributed by atoms with E-state index in [0.717, 1.165) is 0 Å². The zero-order chi connectivity index (χ0) is 7.71. The molecule has 10 heteroatoms. The second-order valence-corrected chi connectivity index (χ2v) is 3.68. The Hall–Kier alpha value is 1.74. The average Bonchev–Trinajstić information content (AvgIpc) is 1.14. The summed E-state index contributed by atoms with van der Waals surface area (Å²) < 4.78 is 22.2. The molecule has 0 aliphatic carbocycles. The second kappa shape index (κ2) is 4.69. The quantitative estimate of drug-likeness (QED) is 0.384. The van der Waals surface area contributed by atoms with Crippen molar-refractivity contribution in [2.45, 2.75) is 0 Å². The maximum Gasteiger partial charge on any atom is 2.00 e. The van der Waals surface area contributed by atoms with Crippen LogP contribution in [0.15, 0.2) is 0 Å². The van der Waals surface area contributed by atoms with Crippen LogP contribution in [0.5, 0.6) is 0 Å². The van der Waals surface area contributed by atoms with Crippen LogP contribution in [0.3, 0.4) is 0 Å². The Bertz CT molecular complexity index is 164. The van der Waals surface area contributed by atoms with Crippen LogP contribution in [0, 0.1) is 0 Å². The maximum atomic E-state index is 9.63. The number of hydrogen-bond donors (Lipinski definition) is 4. The Kier molecular flexibility index (Phi) is 6.69. The summed E-state index contributed by atoms with van der Waals surface area (Å²) in [5.41, 5.74) is 0. The molecule has 0 saturated carbocycles. The van der Waals surface area contributed by atoms with Gasteiger partial charge in [0.2, 0.25) is 0 Å². The number of hydrogen-bond acceptors (Lipinski definition) is 3. The molecular formula is H8O7P2Sr+6. The molecule has 56 valence electrons. The molecule has 0 atom stereocenters. The maximum absolute atomic E-state index is 9.63. The van der Waals surface area contributed by atoms with Crippen LogP contribution in [-0.4, -0.2) is 65.1 Å². The summed E-state index contributed by atoms with van der Waals surface area (Å²) in [6.45, 7) is 0. The minimum absolute atomic E-state index is 0. The van der Waals surface area contributed by atoms with E-state index in [-0.39, 0.29) is 51.2 Å². The summed E-state index contributed by atoms with van der Waals surface area (Å²) in [6.07, 6.45) is 0. The molecule has 0 amide bonds. The third-order valence-corrected chi connectivity index (χ3v) is 1.91. The van der Waals surface area contributed by atoms with Gasteiger partial charge in [0.25, 0.3) is 0 Å². The first-order valence-corrected chi connectivity index (χ1v) is 4.59. The third kappa shape index (κ3) is 12.4. The van der Waals surface area contributed by atoms with Gasteiger partial charge in [0.1, 0.15) is 0 Å². The summed E-state index contributed by atoms with van der Waals surface area (Å²) in [5, 5.41) is 0. The second-order valence-electron chi connectivity index (χ2n) is 1.06. The molecule has 4 N–H and O–H groups in total. The van der Waals surface area contributed by atoms with Crippen LogP contribution in [0.25, 0.3) is 0 Å². The van der Waals surface area contributed by atoms with Crippen molar-refractivity contribution in [1.29, 1.82) is 0 Å². The summed E-state index contributed by atoms with van der Waals surface area (Å²) in [6, 6.07) is 0. The van der Waals surface area contributed by atoms with Gasteiger partial charge < -0.3 is 19.6 Å². The van der Waals surface area contributed by atoms with E-state index in [1.807, 2.05) is 0 Å². The molecule has 0 saturated heterocycles. The topological polar surface area (TPSA) is 124 Å². The van der Waals surface area contributed by atoms with E-state index in [1.165, 1.54) is 0 Å². The van der Waals surface area contributed by atoms with E-state index in [9.17, 15) is 9.13 Å². The van der Waals surface area contributed by atoms with Crippen molar-refractivity contribution in [3.8, 4) is 0 Å². The summed E-state index contributed by atoms with van der Waals surface area (Å²) in [5.74, 6) is 0. The van der Waals surface area contributed by atoms with E-state index < -0.39 is 15.6 Å². The van der Waals surface area contributed by atoms with Crippen molar-refractivity contribution in [1.82, 2.24) is 0 Å². The van der Waals surface area contributed by atoms with E-state index in [0.29, 0.717) is 0 Å². The van der Waals surface area contributed by atoms with Gasteiger partial charge in [0.05, 0.1) is 0 Å². The molecular weight excluding hydrogens is 262 g/mol. The molecule has 0 rings (SSSR count). The zero-order valence-corrected chi connectivity index (χ0v) is 9.88. The first kappa shape index (κ1) is 14.3. The Balaban J connectivity index is -0.0000000320. The summed E-state index contributed by atoms with van der Waals surface area (Å²) in [4.78, 5) is 31.0. The minimum Gasteiger partial charge on any atom is -0.302 e. The fourth-order valence-corrected chi connectivity index (χ4v) is 1.25. The van der Waals surface area contributed by atoms with Gasteiger partial charge in [-0.15, -0.1) is 0 Å². The number of phosphoric acid groups is 2. The van der Waals surface area contributed by atoms with Gasteiger partial charge in [-0.3, -0.25) is 0 Å². The molecule has 0 heterocycles. The van der Waals surface area contributed by atoms with E-state index in [2.05, 4.69) is 4.31 Å². The molecule has 0 unspecified atom stereocenters. The van der Waals surface area contributed by atoms with Gasteiger partial charge in [0.15, 0.2) is 0 Å². The average molecular weight is 270 g/mol. The first-order chi connectivity index (χ1) is 3.71. The van der Waals surface area contributed by atoms with Crippen LogP contribution >= 0.6 is 15.6 Å². The van der Waals surface area contributed by atoms with E-state index >= 15 is 0 Å². The van der Waals surface area contributed by atoms with Crippen LogP contribution in [0.2, 0.25) is 0 Å². The van der Waals surface area contributed by atoms with Crippen molar-refractivity contribution in [3.05, 3.63) is 0 Å². The Labute approximate surface area is 99.1 Å². The standard InChI is InChI=1S/H4O7P2.Sr/c1-8(2,3)7-9(4,5)6;/h(H2,1,2,3)(H2,4,5,6);/q;+2/p+4. The van der Waals surface area contributed by atoms with Crippen LogP contribution in [0.1, 0.15) is 5.71 Å². The third-order valence-electron chi connectivity index (χ3n) is 0.213. The molecule has 0 aromatic heterocycles. The van der Waals surface area contributed by atoms with Crippen molar-refractivity contribution >= 4 is 61.1 Å². The van der Waals surface area contributed by atoms with Gasteiger partial charge in [-0.05, 0) is 0 Å². The molecule has 7 nitrogen and oxygen atoms in total. The van der Waals surface area contributed by atoms with E-state index in [1.54, 1.807) is 0 Å². The van der Waals surface area contributed by atoms with E-state index in [4.69, 9.17) is 19.6 Å². The molecule has 0 aromatic carbocycles. The molecule has 0 aliphatic rings. The van der Waals surface area contributed by atoms with Gasteiger partial charge in [-0.2, -0.15) is 4.31 Å². The normalized spacial score (nSPS) is 12.4. The van der Waals surface area contributed by atoms with Gasteiger partial charge in [-0.25, -0.2) is 9.13 Å². The smallest absolute Gasteiger partial charge is 0.302 e. The Morgan fingerprint density at radius 3 is 1.20 bits per heavy atom. The predicted molar refractivity (Wildman–Crippen MR) is 35.4 cm³/mol. The summed E-state index contributed by atoms with van der Waals surface area (Å²) in [7, 11) is -10.1. The molecule has 0 spiro atoms. The SMILES string of the molecule is O=P(O)(O)OP(=O)(O)O.[H+].[H+].[H+].[H+].[Sr+2].